The molecule has 0 aliphatic rings. The SMILES string of the molecule is Oc1ccc(-c2nnc(-c3ccc(O)cc3)n2-c2ccccc2)cc1. The standard InChI is InChI=1S/C20H15N3O2/c24-17-10-6-14(7-11-17)19-21-22-20(15-8-12-18(25)13-9-15)23(19)16-4-2-1-3-5-16/h1-13,24-25H. The van der Waals surface area contributed by atoms with Gasteiger partial charge in [0.15, 0.2) is 11.6 Å². The molecule has 0 bridgehead atoms. The van der Waals surface area contributed by atoms with Gasteiger partial charge in [-0.1, -0.05) is 18.2 Å². The van der Waals surface area contributed by atoms with E-state index in [4.69, 9.17) is 0 Å². The van der Waals surface area contributed by atoms with Gasteiger partial charge >= 0.3 is 0 Å². The Bertz CT molecular complexity index is 929. The summed E-state index contributed by atoms with van der Waals surface area (Å²) in [6.07, 6.45) is 0. The second kappa shape index (κ2) is 6.13. The Morgan fingerprint density at radius 2 is 1.00 bits per heavy atom. The fourth-order valence-corrected chi connectivity index (χ4v) is 2.70. The van der Waals surface area contributed by atoms with Crippen LogP contribution in [0.2, 0.25) is 0 Å². The summed E-state index contributed by atoms with van der Waals surface area (Å²) in [5.74, 6) is 1.75. The first-order chi connectivity index (χ1) is 12.2. The molecule has 0 atom stereocenters. The van der Waals surface area contributed by atoms with Crippen molar-refractivity contribution in [2.24, 2.45) is 0 Å². The molecule has 0 saturated heterocycles. The predicted octanol–water partition coefficient (Wildman–Crippen LogP) is 4.01. The fourth-order valence-electron chi connectivity index (χ4n) is 2.70. The van der Waals surface area contributed by atoms with Crippen molar-refractivity contribution in [2.75, 3.05) is 0 Å². The Kier molecular flexibility index (Phi) is 3.67. The number of rotatable bonds is 3. The lowest BCUT2D eigenvalue weighted by Crippen LogP contribution is -2.00. The summed E-state index contributed by atoms with van der Waals surface area (Å²) >= 11 is 0. The maximum atomic E-state index is 9.53. The van der Waals surface area contributed by atoms with E-state index in [-0.39, 0.29) is 11.5 Å². The highest BCUT2D eigenvalue weighted by Gasteiger charge is 2.17. The van der Waals surface area contributed by atoms with Crippen LogP contribution < -0.4 is 0 Å². The minimum atomic E-state index is 0.202. The quantitative estimate of drug-likeness (QED) is 0.596. The van der Waals surface area contributed by atoms with Gasteiger partial charge in [0.05, 0.1) is 0 Å². The number of aromatic hydroxyl groups is 2. The minimum Gasteiger partial charge on any atom is -0.508 e. The molecule has 4 rings (SSSR count). The Hall–Kier alpha value is -3.60. The van der Waals surface area contributed by atoms with Crippen LogP contribution in [0.15, 0.2) is 78.9 Å². The van der Waals surface area contributed by atoms with Crippen LogP contribution in [0.5, 0.6) is 11.5 Å². The summed E-state index contributed by atoms with van der Waals surface area (Å²) in [4.78, 5) is 0. The summed E-state index contributed by atoms with van der Waals surface area (Å²) < 4.78 is 1.96. The van der Waals surface area contributed by atoms with E-state index >= 15 is 0 Å². The largest absolute Gasteiger partial charge is 0.508 e. The molecular weight excluding hydrogens is 314 g/mol. The topological polar surface area (TPSA) is 71.2 Å². The first-order valence-electron chi connectivity index (χ1n) is 7.82. The molecule has 0 radical (unpaired) electrons. The number of nitrogens with zero attached hydrogens (tertiary/aromatic N) is 3. The molecule has 0 aliphatic heterocycles. The molecule has 2 N–H and O–H groups in total. The van der Waals surface area contributed by atoms with Crippen LogP contribution >= 0.6 is 0 Å². The Morgan fingerprint density at radius 3 is 1.44 bits per heavy atom. The zero-order valence-corrected chi connectivity index (χ0v) is 13.2. The molecule has 5 heteroatoms. The molecule has 0 saturated carbocycles. The van der Waals surface area contributed by atoms with Crippen molar-refractivity contribution >= 4 is 0 Å². The van der Waals surface area contributed by atoms with Crippen molar-refractivity contribution in [3.05, 3.63) is 78.9 Å². The molecule has 1 heterocycles. The van der Waals surface area contributed by atoms with Crippen molar-refractivity contribution in [3.63, 3.8) is 0 Å². The average molecular weight is 329 g/mol. The van der Waals surface area contributed by atoms with Gasteiger partial charge in [-0.15, -0.1) is 10.2 Å². The first kappa shape index (κ1) is 15.0. The lowest BCUT2D eigenvalue weighted by molar-refractivity contribution is 0.475. The van der Waals surface area contributed by atoms with E-state index in [9.17, 15) is 10.2 Å². The fraction of sp³-hybridized carbons (Fsp3) is 0. The van der Waals surface area contributed by atoms with Crippen molar-refractivity contribution in [1.29, 1.82) is 0 Å². The van der Waals surface area contributed by atoms with Gasteiger partial charge in [0.1, 0.15) is 11.5 Å². The van der Waals surface area contributed by atoms with Gasteiger partial charge in [-0.3, -0.25) is 4.57 Å². The third kappa shape index (κ3) is 2.83. The number of para-hydroxylation sites is 1. The van der Waals surface area contributed by atoms with Crippen LogP contribution in [-0.2, 0) is 0 Å². The van der Waals surface area contributed by atoms with Gasteiger partial charge < -0.3 is 10.2 Å². The Balaban J connectivity index is 1.94. The third-order valence-corrected chi connectivity index (χ3v) is 3.93. The number of hydrogen-bond acceptors (Lipinski definition) is 4. The maximum Gasteiger partial charge on any atom is 0.168 e. The summed E-state index contributed by atoms with van der Waals surface area (Å²) in [7, 11) is 0. The summed E-state index contributed by atoms with van der Waals surface area (Å²) in [6.45, 7) is 0. The Morgan fingerprint density at radius 1 is 0.560 bits per heavy atom. The second-order valence-corrected chi connectivity index (χ2v) is 5.61. The van der Waals surface area contributed by atoms with Gasteiger partial charge in [0.25, 0.3) is 0 Å². The number of phenols is 2. The van der Waals surface area contributed by atoms with Crippen LogP contribution in [0.1, 0.15) is 0 Å². The van der Waals surface area contributed by atoms with Gasteiger partial charge in [-0.2, -0.15) is 0 Å². The highest BCUT2D eigenvalue weighted by Crippen LogP contribution is 2.29. The highest BCUT2D eigenvalue weighted by molar-refractivity contribution is 5.67. The van der Waals surface area contributed by atoms with E-state index in [1.165, 1.54) is 0 Å². The van der Waals surface area contributed by atoms with Crippen LogP contribution in [0.25, 0.3) is 28.5 Å². The summed E-state index contributed by atoms with van der Waals surface area (Å²) in [5.41, 5.74) is 2.62. The second-order valence-electron chi connectivity index (χ2n) is 5.61. The van der Waals surface area contributed by atoms with Crippen LogP contribution in [0.4, 0.5) is 0 Å². The third-order valence-electron chi connectivity index (χ3n) is 3.93. The number of benzene rings is 3. The van der Waals surface area contributed by atoms with E-state index in [2.05, 4.69) is 10.2 Å². The molecule has 5 nitrogen and oxygen atoms in total. The lowest BCUT2D eigenvalue weighted by Gasteiger charge is -2.11. The van der Waals surface area contributed by atoms with E-state index in [1.54, 1.807) is 48.5 Å². The predicted molar refractivity (Wildman–Crippen MR) is 95.6 cm³/mol. The van der Waals surface area contributed by atoms with Gasteiger partial charge in [-0.25, -0.2) is 0 Å². The van der Waals surface area contributed by atoms with Crippen LogP contribution in [-0.4, -0.2) is 25.0 Å². The monoisotopic (exact) mass is 329 g/mol. The van der Waals surface area contributed by atoms with Crippen LogP contribution in [0, 0.1) is 0 Å². The number of aromatic nitrogens is 3. The van der Waals surface area contributed by atoms with E-state index in [0.717, 1.165) is 16.8 Å². The zero-order valence-electron chi connectivity index (χ0n) is 13.2. The van der Waals surface area contributed by atoms with E-state index in [1.807, 2.05) is 34.9 Å². The average Bonchev–Trinajstić information content (AvgIpc) is 3.09. The van der Waals surface area contributed by atoms with E-state index < -0.39 is 0 Å². The molecule has 0 spiro atoms. The zero-order chi connectivity index (χ0) is 17.2. The van der Waals surface area contributed by atoms with Crippen molar-refractivity contribution in [1.82, 2.24) is 14.8 Å². The summed E-state index contributed by atoms with van der Waals surface area (Å²) in [5, 5.41) is 27.8. The summed E-state index contributed by atoms with van der Waals surface area (Å²) in [6, 6.07) is 23.5. The minimum absolute atomic E-state index is 0.202. The molecular formula is C20H15N3O2. The number of hydrogen-bond donors (Lipinski definition) is 2. The molecule has 0 aliphatic carbocycles. The van der Waals surface area contributed by atoms with Gasteiger partial charge in [0, 0.05) is 16.8 Å². The smallest absolute Gasteiger partial charge is 0.168 e. The molecule has 122 valence electrons. The highest BCUT2D eigenvalue weighted by atomic mass is 16.3. The normalized spacial score (nSPS) is 10.7. The van der Waals surface area contributed by atoms with Gasteiger partial charge in [0.2, 0.25) is 0 Å². The molecule has 3 aromatic carbocycles. The Labute approximate surface area is 144 Å². The van der Waals surface area contributed by atoms with Crippen LogP contribution in [0.3, 0.4) is 0 Å². The van der Waals surface area contributed by atoms with Crippen molar-refractivity contribution in [3.8, 4) is 40.0 Å². The number of phenolic OH excluding ortho intramolecular Hbond substituents is 2. The van der Waals surface area contributed by atoms with Crippen molar-refractivity contribution in [2.45, 2.75) is 0 Å². The molecule has 4 aromatic rings. The first-order valence-corrected chi connectivity index (χ1v) is 7.82. The molecule has 0 amide bonds. The molecule has 25 heavy (non-hydrogen) atoms. The van der Waals surface area contributed by atoms with Crippen molar-refractivity contribution < 1.29 is 10.2 Å². The van der Waals surface area contributed by atoms with E-state index in [0.29, 0.717) is 11.6 Å². The molecule has 1 aromatic heterocycles. The van der Waals surface area contributed by atoms with Gasteiger partial charge in [-0.05, 0) is 60.7 Å². The maximum absolute atomic E-state index is 9.53. The molecule has 0 fully saturated rings. The lowest BCUT2D eigenvalue weighted by atomic mass is 10.1. The molecule has 0 unspecified atom stereocenters.